The van der Waals surface area contributed by atoms with E-state index in [4.69, 9.17) is 9.68 Å². The molecular formula is C98H69BBrO2. The van der Waals surface area contributed by atoms with Crippen molar-refractivity contribution < 1.29 is 9.68 Å². The third-order valence-corrected chi connectivity index (χ3v) is 22.3. The average molecular weight is 1370 g/mol. The first-order valence-corrected chi connectivity index (χ1v) is 36.0. The minimum Gasteiger partial charge on any atom is -0.537 e. The zero-order valence-electron chi connectivity index (χ0n) is 57.1. The van der Waals surface area contributed by atoms with E-state index in [1.165, 1.54) is 175 Å². The van der Waals surface area contributed by atoms with Gasteiger partial charge in [-0.25, -0.2) is 0 Å². The molecule has 4 heteroatoms. The van der Waals surface area contributed by atoms with Crippen molar-refractivity contribution in [3.05, 3.63) is 366 Å². The minimum absolute atomic E-state index is 0.0420. The minimum atomic E-state index is -0.0420. The summed E-state index contributed by atoms with van der Waals surface area (Å²) in [4.78, 5) is 0. The molecule has 0 amide bonds. The Labute approximate surface area is 603 Å². The van der Waals surface area contributed by atoms with E-state index in [0.29, 0.717) is 5.75 Å². The normalized spacial score (nSPS) is 13.0. The van der Waals surface area contributed by atoms with E-state index in [-0.39, 0.29) is 10.8 Å². The van der Waals surface area contributed by atoms with Crippen molar-refractivity contribution in [3.63, 3.8) is 0 Å². The largest absolute Gasteiger partial charge is 0.569 e. The molecule has 2 nitrogen and oxygen atoms in total. The predicted molar refractivity (Wildman–Crippen MR) is 438 cm³/mol. The first-order valence-electron chi connectivity index (χ1n) is 35.2. The topological polar surface area (TPSA) is 29.5 Å². The van der Waals surface area contributed by atoms with Crippen molar-refractivity contribution in [1.29, 1.82) is 0 Å². The zero-order chi connectivity index (χ0) is 68.8. The molecule has 0 bridgehead atoms. The van der Waals surface area contributed by atoms with Gasteiger partial charge in [0.2, 0.25) is 0 Å². The van der Waals surface area contributed by atoms with Crippen LogP contribution in [0.2, 0.25) is 0 Å². The van der Waals surface area contributed by atoms with Crippen molar-refractivity contribution in [3.8, 4) is 83.6 Å². The summed E-state index contributed by atoms with van der Waals surface area (Å²) in [6.07, 6.45) is 0. The van der Waals surface area contributed by atoms with Crippen LogP contribution in [0.5, 0.6) is 5.75 Å². The Morgan fingerprint density at radius 1 is 0.245 bits per heavy atom. The van der Waals surface area contributed by atoms with E-state index in [0.717, 1.165) is 23.3 Å². The van der Waals surface area contributed by atoms with Gasteiger partial charge in [-0.15, -0.1) is 0 Å². The SMILES string of the molecule is CC1(C)c2ccc(-c3cccc(-c4c5ccccc5c(-c5ccc6ccccc6c5)c5ccccc45)c3)cc2-c2c1ccc1ccccc21.CC1(C)c2ccc(Br)cc2-c2c1ccc1ccccc21.O[B]Oc1cccc(-c2c3ccccc3c(-c3ccc4ccccc4c3)c3ccccc23)c1. The molecule has 18 aromatic carbocycles. The molecule has 0 aromatic heterocycles. The summed E-state index contributed by atoms with van der Waals surface area (Å²) in [7, 11) is 0.720. The maximum absolute atomic E-state index is 9.12. The molecule has 0 atom stereocenters. The van der Waals surface area contributed by atoms with Crippen LogP contribution in [-0.4, -0.2) is 12.7 Å². The van der Waals surface area contributed by atoms with Gasteiger partial charge in [0.05, 0.1) is 0 Å². The van der Waals surface area contributed by atoms with Gasteiger partial charge in [-0.05, 0) is 235 Å². The molecule has 1 N–H and O–H groups in total. The molecule has 0 heterocycles. The average Bonchev–Trinajstić information content (AvgIpc) is 1.38. The third kappa shape index (κ3) is 10.5. The summed E-state index contributed by atoms with van der Waals surface area (Å²) < 4.78 is 6.40. The number of hydrogen-bond donors (Lipinski definition) is 1. The summed E-state index contributed by atoms with van der Waals surface area (Å²) in [5, 5.41) is 29.3. The molecule has 2 aliphatic carbocycles. The van der Waals surface area contributed by atoms with Crippen LogP contribution in [0.15, 0.2) is 344 Å². The molecule has 1 radical (unpaired) electrons. The highest BCUT2D eigenvalue weighted by Gasteiger charge is 2.38. The first-order chi connectivity index (χ1) is 50.0. The highest BCUT2D eigenvalue weighted by molar-refractivity contribution is 9.10. The lowest BCUT2D eigenvalue weighted by Gasteiger charge is -2.21. The smallest absolute Gasteiger partial charge is 0.537 e. The number of benzene rings is 18. The summed E-state index contributed by atoms with van der Waals surface area (Å²) in [5.74, 6) is 0.599. The molecule has 0 aliphatic heterocycles. The zero-order valence-corrected chi connectivity index (χ0v) is 58.7. The van der Waals surface area contributed by atoms with Crippen LogP contribution in [0, 0.1) is 0 Å². The highest BCUT2D eigenvalue weighted by Crippen LogP contribution is 2.55. The Kier molecular flexibility index (Phi) is 15.5. The monoisotopic (exact) mass is 1370 g/mol. The second-order valence-electron chi connectivity index (χ2n) is 28.3. The van der Waals surface area contributed by atoms with E-state index in [9.17, 15) is 0 Å². The molecule has 0 unspecified atom stereocenters. The second kappa shape index (κ2) is 25.2. The third-order valence-electron chi connectivity index (χ3n) is 21.8. The number of hydrogen-bond acceptors (Lipinski definition) is 2. The van der Waals surface area contributed by atoms with E-state index in [2.05, 4.69) is 365 Å². The Morgan fingerprint density at radius 3 is 1.00 bits per heavy atom. The van der Waals surface area contributed by atoms with Crippen molar-refractivity contribution in [2.45, 2.75) is 38.5 Å². The summed E-state index contributed by atoms with van der Waals surface area (Å²) in [5.41, 5.74) is 23.4. The van der Waals surface area contributed by atoms with Crippen LogP contribution in [0.25, 0.3) is 164 Å². The van der Waals surface area contributed by atoms with Gasteiger partial charge in [-0.3, -0.25) is 0 Å². The summed E-state index contributed by atoms with van der Waals surface area (Å²) in [6, 6.07) is 123. The van der Waals surface area contributed by atoms with Gasteiger partial charge in [0.1, 0.15) is 5.75 Å². The van der Waals surface area contributed by atoms with Crippen LogP contribution >= 0.6 is 15.9 Å². The van der Waals surface area contributed by atoms with E-state index >= 15 is 0 Å². The van der Waals surface area contributed by atoms with Crippen LogP contribution in [0.4, 0.5) is 0 Å². The van der Waals surface area contributed by atoms with Gasteiger partial charge in [-0.1, -0.05) is 335 Å². The maximum Gasteiger partial charge on any atom is 0.569 e. The van der Waals surface area contributed by atoms with Crippen LogP contribution in [-0.2, 0) is 10.8 Å². The molecule has 0 spiro atoms. The van der Waals surface area contributed by atoms with Crippen LogP contribution in [0.3, 0.4) is 0 Å². The van der Waals surface area contributed by atoms with Gasteiger partial charge in [0.25, 0.3) is 0 Å². The lowest BCUT2D eigenvalue weighted by molar-refractivity contribution is 0.454. The molecule has 0 saturated heterocycles. The Bertz CT molecular complexity index is 6320. The summed E-state index contributed by atoms with van der Waals surface area (Å²) >= 11 is 3.62. The Morgan fingerprint density at radius 2 is 0.559 bits per heavy atom. The fraction of sp³-hybridized carbons (Fsp3) is 0.0612. The van der Waals surface area contributed by atoms with Crippen molar-refractivity contribution >= 4 is 110 Å². The Hall–Kier alpha value is -11.7. The lowest BCUT2D eigenvalue weighted by Crippen LogP contribution is -2.14. The molecule has 2 aliphatic rings. The Balaban J connectivity index is 0.000000121. The number of rotatable bonds is 7. The van der Waals surface area contributed by atoms with E-state index in [1.807, 2.05) is 18.2 Å². The van der Waals surface area contributed by atoms with Crippen molar-refractivity contribution in [1.82, 2.24) is 0 Å². The predicted octanol–water partition coefficient (Wildman–Crippen LogP) is 26.9. The van der Waals surface area contributed by atoms with Crippen LogP contribution in [0.1, 0.15) is 49.9 Å². The highest BCUT2D eigenvalue weighted by atomic mass is 79.9. The fourth-order valence-electron chi connectivity index (χ4n) is 17.0. The quantitative estimate of drug-likeness (QED) is 0.127. The van der Waals surface area contributed by atoms with Crippen molar-refractivity contribution in [2.24, 2.45) is 0 Å². The molecule has 0 fully saturated rings. The molecule has 18 aromatic rings. The van der Waals surface area contributed by atoms with Gasteiger partial charge >= 0.3 is 7.69 Å². The molecular weight excluding hydrogens is 1300 g/mol. The standard InChI is InChI=1S/C49H34.C30H20BO2.C19H15Br/c1-49(2)44-26-25-35(30-43(44)48-38-17-6-5-13-32(38)24-27-45(48)49)34-15-11-16-36(29-34)46-39-18-7-9-20-41(39)47(42-21-10-8-19-40(42)46)37-23-22-31-12-3-4-14-33(31)28-37;32-31-33-24-11-7-10-22(19-24)29-25-12-3-5-14-27(25)30(28-15-6-4-13-26(28)29)23-17-16-20-8-1-2-9-21(20)18-23;1-19(2)16-10-8-13(20)11-15(16)18-14-6-4-3-5-12(14)7-9-17(18)19/h3-30H,1-2H3;1-19,32H;3-11H,1-2H3. The molecule has 102 heavy (non-hydrogen) atoms. The molecule has 0 saturated carbocycles. The first kappa shape index (κ1) is 62.6. The molecule has 20 rings (SSSR count). The maximum atomic E-state index is 9.12. The van der Waals surface area contributed by atoms with E-state index in [1.54, 1.807) is 0 Å². The second-order valence-corrected chi connectivity index (χ2v) is 29.2. The summed E-state index contributed by atoms with van der Waals surface area (Å²) in [6.45, 7) is 9.37. The van der Waals surface area contributed by atoms with Gasteiger partial charge < -0.3 is 9.68 Å². The van der Waals surface area contributed by atoms with Gasteiger partial charge in [0.15, 0.2) is 0 Å². The lowest BCUT2D eigenvalue weighted by atomic mass is 9.81. The number of fused-ring (bicyclic) bond motifs is 16. The van der Waals surface area contributed by atoms with Gasteiger partial charge in [0, 0.05) is 15.3 Å². The number of halogens is 1. The molecule has 483 valence electrons. The van der Waals surface area contributed by atoms with Crippen LogP contribution < -0.4 is 4.65 Å². The van der Waals surface area contributed by atoms with Crippen molar-refractivity contribution in [2.75, 3.05) is 0 Å². The van der Waals surface area contributed by atoms with E-state index < -0.39 is 0 Å². The fourth-order valence-corrected chi connectivity index (χ4v) is 17.4. The van der Waals surface area contributed by atoms with Gasteiger partial charge in [-0.2, -0.15) is 0 Å².